The highest BCUT2D eigenvalue weighted by molar-refractivity contribution is 5.76. The van der Waals surface area contributed by atoms with E-state index in [1.165, 1.54) is 379 Å². The molecule has 2 atom stereocenters. The van der Waals surface area contributed by atoms with E-state index in [1.807, 2.05) is 0 Å². The van der Waals surface area contributed by atoms with Gasteiger partial charge in [0.05, 0.1) is 25.4 Å². The first-order chi connectivity index (χ1) is 43.0. The number of aliphatic hydroxyl groups excluding tert-OH is 2. The fourth-order valence-electron chi connectivity index (χ4n) is 12.9. The standard InChI is InChI=1S/C81H157NO5/c1-3-5-7-9-11-13-15-17-19-21-22-23-32-35-38-42-45-49-53-57-61-65-69-73-79(84)78(77-83)82-80(85)74-70-66-62-58-54-50-46-43-39-36-33-30-28-26-24-25-27-29-31-34-37-40-44-48-52-56-60-64-68-72-76-87-81(86)75-71-67-63-59-55-51-47-41-20-18-16-14-12-10-8-6-4-2/h18,20,25,27,78-79,83-84H,3-17,19,21-24,26,28-77H2,1-2H3,(H,82,85)/b20-18-,27-25-. The lowest BCUT2D eigenvalue weighted by Gasteiger charge is -2.22. The van der Waals surface area contributed by atoms with Crippen molar-refractivity contribution in [2.75, 3.05) is 13.2 Å². The van der Waals surface area contributed by atoms with Crippen molar-refractivity contribution in [3.8, 4) is 0 Å². The molecular weight excluding hydrogens is 1070 g/mol. The van der Waals surface area contributed by atoms with E-state index >= 15 is 0 Å². The first kappa shape index (κ1) is 85.3. The average Bonchev–Trinajstić information content (AvgIpc) is 3.53. The molecule has 0 rings (SSSR count). The predicted octanol–water partition coefficient (Wildman–Crippen LogP) is 26.4. The second kappa shape index (κ2) is 76.8. The highest BCUT2D eigenvalue weighted by Crippen LogP contribution is 2.20. The van der Waals surface area contributed by atoms with Crippen molar-refractivity contribution < 1.29 is 24.5 Å². The highest BCUT2D eigenvalue weighted by Gasteiger charge is 2.20. The van der Waals surface area contributed by atoms with Gasteiger partial charge in [0.1, 0.15) is 0 Å². The molecule has 1 amide bonds. The van der Waals surface area contributed by atoms with Crippen LogP contribution in [0.15, 0.2) is 24.3 Å². The van der Waals surface area contributed by atoms with Crippen molar-refractivity contribution in [3.63, 3.8) is 0 Å². The lowest BCUT2D eigenvalue weighted by atomic mass is 10.0. The maximum absolute atomic E-state index is 12.6. The van der Waals surface area contributed by atoms with Gasteiger partial charge in [-0.1, -0.05) is 391 Å². The van der Waals surface area contributed by atoms with Gasteiger partial charge in [-0.2, -0.15) is 0 Å². The summed E-state index contributed by atoms with van der Waals surface area (Å²) in [7, 11) is 0. The number of esters is 1. The number of aliphatic hydroxyl groups is 2. The number of rotatable bonds is 76. The van der Waals surface area contributed by atoms with Gasteiger partial charge < -0.3 is 20.3 Å². The Morgan fingerprint density at radius 2 is 0.540 bits per heavy atom. The smallest absolute Gasteiger partial charge is 0.305 e. The highest BCUT2D eigenvalue weighted by atomic mass is 16.5. The summed E-state index contributed by atoms with van der Waals surface area (Å²) in [6, 6.07) is -0.542. The van der Waals surface area contributed by atoms with Crippen molar-refractivity contribution in [2.24, 2.45) is 0 Å². The van der Waals surface area contributed by atoms with Crippen LogP contribution in [0.1, 0.15) is 457 Å². The quantitative estimate of drug-likeness (QED) is 0.0320. The summed E-state index contributed by atoms with van der Waals surface area (Å²) < 4.78 is 5.51. The van der Waals surface area contributed by atoms with Crippen LogP contribution < -0.4 is 5.32 Å². The summed E-state index contributed by atoms with van der Waals surface area (Å²) in [6.07, 6.45) is 98.4. The minimum absolute atomic E-state index is 0.0149. The lowest BCUT2D eigenvalue weighted by molar-refractivity contribution is -0.143. The molecule has 0 aliphatic rings. The third kappa shape index (κ3) is 73.3. The van der Waals surface area contributed by atoms with Crippen LogP contribution in [-0.4, -0.2) is 47.4 Å². The van der Waals surface area contributed by atoms with E-state index in [9.17, 15) is 19.8 Å². The van der Waals surface area contributed by atoms with Crippen LogP contribution >= 0.6 is 0 Å². The molecule has 3 N–H and O–H groups in total. The Kier molecular flexibility index (Phi) is 75.3. The summed E-state index contributed by atoms with van der Waals surface area (Å²) in [6.45, 7) is 5.00. The first-order valence-corrected chi connectivity index (χ1v) is 40.1. The summed E-state index contributed by atoms with van der Waals surface area (Å²) in [5.74, 6) is -0.0129. The van der Waals surface area contributed by atoms with Crippen LogP contribution in [0.25, 0.3) is 0 Å². The van der Waals surface area contributed by atoms with Crippen molar-refractivity contribution in [3.05, 3.63) is 24.3 Å². The molecule has 6 heteroatoms. The van der Waals surface area contributed by atoms with Gasteiger partial charge in [-0.3, -0.25) is 9.59 Å². The topological polar surface area (TPSA) is 95.9 Å². The monoisotopic (exact) mass is 1220 g/mol. The molecule has 0 aromatic rings. The Bertz CT molecular complexity index is 1360. The van der Waals surface area contributed by atoms with Crippen LogP contribution in [-0.2, 0) is 14.3 Å². The van der Waals surface area contributed by atoms with Crippen molar-refractivity contribution in [1.29, 1.82) is 0 Å². The molecule has 0 aliphatic heterocycles. The van der Waals surface area contributed by atoms with Gasteiger partial charge in [-0.05, 0) is 77.0 Å². The van der Waals surface area contributed by atoms with Gasteiger partial charge in [-0.25, -0.2) is 0 Å². The molecule has 516 valence electrons. The minimum atomic E-state index is -0.665. The molecule has 0 bridgehead atoms. The largest absolute Gasteiger partial charge is 0.466 e. The van der Waals surface area contributed by atoms with E-state index in [4.69, 9.17) is 4.74 Å². The second-order valence-electron chi connectivity index (χ2n) is 27.7. The molecular formula is C81H157NO5. The number of unbranched alkanes of at least 4 members (excludes halogenated alkanes) is 61. The zero-order valence-electron chi connectivity index (χ0n) is 59.3. The number of carbonyl (C=O) groups is 2. The molecule has 0 aromatic carbocycles. The molecule has 87 heavy (non-hydrogen) atoms. The van der Waals surface area contributed by atoms with Gasteiger partial charge in [0.15, 0.2) is 0 Å². The Morgan fingerprint density at radius 1 is 0.310 bits per heavy atom. The van der Waals surface area contributed by atoms with E-state index in [0.717, 1.165) is 44.9 Å². The van der Waals surface area contributed by atoms with Gasteiger partial charge in [0.25, 0.3) is 0 Å². The third-order valence-corrected chi connectivity index (χ3v) is 19.0. The van der Waals surface area contributed by atoms with Crippen LogP contribution in [0.2, 0.25) is 0 Å². The summed E-state index contributed by atoms with van der Waals surface area (Å²) in [4.78, 5) is 24.7. The van der Waals surface area contributed by atoms with E-state index in [0.29, 0.717) is 25.9 Å². The van der Waals surface area contributed by atoms with E-state index in [2.05, 4.69) is 43.5 Å². The number of hydrogen-bond acceptors (Lipinski definition) is 5. The third-order valence-electron chi connectivity index (χ3n) is 19.0. The molecule has 0 radical (unpaired) electrons. The zero-order valence-corrected chi connectivity index (χ0v) is 59.3. The van der Waals surface area contributed by atoms with Gasteiger partial charge >= 0.3 is 5.97 Å². The molecule has 0 aliphatic carbocycles. The number of hydrogen-bond donors (Lipinski definition) is 3. The maximum Gasteiger partial charge on any atom is 0.305 e. The van der Waals surface area contributed by atoms with Crippen LogP contribution in [0, 0.1) is 0 Å². The number of carbonyl (C=O) groups excluding carboxylic acids is 2. The molecule has 0 aromatic heterocycles. The van der Waals surface area contributed by atoms with Gasteiger partial charge in [0, 0.05) is 12.8 Å². The SMILES string of the molecule is CCCCCCCC/C=C\CCCCCCCCCC(=O)OCCCCCCCCCCCCCC/C=C\CCCCCCCCCCCCCCCCC(=O)NC(CO)C(O)CCCCCCCCCCCCCCCCCCCCCCCCC. The summed E-state index contributed by atoms with van der Waals surface area (Å²) in [5, 5.41) is 23.5. The zero-order chi connectivity index (χ0) is 62.8. The number of ether oxygens (including phenoxy) is 1. The molecule has 2 unspecified atom stereocenters. The fraction of sp³-hybridized carbons (Fsp3) is 0.926. The first-order valence-electron chi connectivity index (χ1n) is 40.1. The fourth-order valence-corrected chi connectivity index (χ4v) is 12.9. The van der Waals surface area contributed by atoms with Crippen LogP contribution in [0.3, 0.4) is 0 Å². The molecule has 6 nitrogen and oxygen atoms in total. The van der Waals surface area contributed by atoms with E-state index < -0.39 is 12.1 Å². The molecule has 0 saturated carbocycles. The molecule has 0 saturated heterocycles. The maximum atomic E-state index is 12.6. The number of amides is 1. The van der Waals surface area contributed by atoms with E-state index in [1.54, 1.807) is 0 Å². The average molecular weight is 1230 g/mol. The summed E-state index contributed by atoms with van der Waals surface area (Å²) >= 11 is 0. The van der Waals surface area contributed by atoms with Crippen molar-refractivity contribution >= 4 is 11.9 Å². The Hall–Kier alpha value is -1.66. The second-order valence-corrected chi connectivity index (χ2v) is 27.7. The van der Waals surface area contributed by atoms with Crippen molar-refractivity contribution in [1.82, 2.24) is 5.32 Å². The molecule has 0 fully saturated rings. The Morgan fingerprint density at radius 3 is 0.816 bits per heavy atom. The minimum Gasteiger partial charge on any atom is -0.466 e. The van der Waals surface area contributed by atoms with Crippen LogP contribution in [0.5, 0.6) is 0 Å². The predicted molar refractivity (Wildman–Crippen MR) is 384 cm³/mol. The molecule has 0 heterocycles. The number of allylic oxidation sites excluding steroid dienone is 4. The lowest BCUT2D eigenvalue weighted by Crippen LogP contribution is -2.45. The molecule has 0 spiro atoms. The Labute approximate surface area is 545 Å². The van der Waals surface area contributed by atoms with Gasteiger partial charge in [-0.15, -0.1) is 0 Å². The van der Waals surface area contributed by atoms with Crippen molar-refractivity contribution in [2.45, 2.75) is 469 Å². The Balaban J connectivity index is 3.36. The van der Waals surface area contributed by atoms with Gasteiger partial charge in [0.2, 0.25) is 5.91 Å². The van der Waals surface area contributed by atoms with Crippen LogP contribution in [0.4, 0.5) is 0 Å². The summed E-state index contributed by atoms with van der Waals surface area (Å²) in [5.41, 5.74) is 0. The normalized spacial score (nSPS) is 12.6. The number of nitrogens with one attached hydrogen (secondary N) is 1. The van der Waals surface area contributed by atoms with E-state index in [-0.39, 0.29) is 18.5 Å².